The summed E-state index contributed by atoms with van der Waals surface area (Å²) in [7, 11) is 0. The van der Waals surface area contributed by atoms with Crippen molar-refractivity contribution in [2.24, 2.45) is 11.8 Å². The number of ketones is 1. The van der Waals surface area contributed by atoms with Gasteiger partial charge >= 0.3 is 11.9 Å². The van der Waals surface area contributed by atoms with E-state index in [-0.39, 0.29) is 13.2 Å². The number of quaternary nitrogens is 1. The van der Waals surface area contributed by atoms with Crippen LogP contribution in [0.2, 0.25) is 0 Å². The van der Waals surface area contributed by atoms with Gasteiger partial charge in [-0.1, -0.05) is 0 Å². The maximum atomic E-state index is 13.5. The van der Waals surface area contributed by atoms with Gasteiger partial charge in [0.05, 0.1) is 13.2 Å². The summed E-state index contributed by atoms with van der Waals surface area (Å²) >= 11 is 0. The molecule has 0 aliphatic carbocycles. The highest BCUT2D eigenvalue weighted by Crippen LogP contribution is 2.34. The number of hydrogen-bond donors (Lipinski definition) is 1. The molecule has 0 amide bonds. The lowest BCUT2D eigenvalue weighted by Gasteiger charge is -2.36. The maximum absolute atomic E-state index is 13.5. The highest BCUT2D eigenvalue weighted by atomic mass is 16.5. The first-order chi connectivity index (χ1) is 14.1. The van der Waals surface area contributed by atoms with Crippen LogP contribution in [0.1, 0.15) is 37.1 Å². The zero-order valence-electron chi connectivity index (χ0n) is 16.4. The van der Waals surface area contributed by atoms with Gasteiger partial charge in [0.25, 0.3) is 0 Å². The van der Waals surface area contributed by atoms with Gasteiger partial charge in [0.2, 0.25) is 0 Å². The summed E-state index contributed by atoms with van der Waals surface area (Å²) in [4.78, 5) is 47.1. The molecule has 0 saturated carbocycles. The molecule has 29 heavy (non-hydrogen) atoms. The number of nitrogens with two attached hydrogens (primary N) is 1. The van der Waals surface area contributed by atoms with Crippen LogP contribution in [0.3, 0.4) is 0 Å². The summed E-state index contributed by atoms with van der Waals surface area (Å²) in [6.07, 6.45) is 6.47. The standard InChI is InChI=1S/C21H23N3O5/c1-3-28-20(26)15-17(13-7-5-9-22-11-13)24-18(14-8-6-10-23-12-14)16(19(15)25)21(27)29-4-2/h5-12,15-18,24H,3-4H2,1-2H3/p+1/t15-,16+,17-,18-/m1/s1. The Morgan fingerprint density at radius 1 is 0.897 bits per heavy atom. The fraction of sp³-hybridized carbons (Fsp3) is 0.381. The number of carbonyl (C=O) groups is 3. The molecular formula is C21H24N3O5+. The van der Waals surface area contributed by atoms with E-state index < -0.39 is 41.6 Å². The minimum absolute atomic E-state index is 0.137. The summed E-state index contributed by atoms with van der Waals surface area (Å²) in [5.41, 5.74) is 1.41. The zero-order chi connectivity index (χ0) is 20.8. The van der Waals surface area contributed by atoms with Crippen molar-refractivity contribution < 1.29 is 29.2 Å². The van der Waals surface area contributed by atoms with Crippen molar-refractivity contribution in [1.82, 2.24) is 9.97 Å². The second-order valence-electron chi connectivity index (χ2n) is 6.68. The van der Waals surface area contributed by atoms with Crippen molar-refractivity contribution in [2.45, 2.75) is 25.9 Å². The quantitative estimate of drug-likeness (QED) is 0.565. The Kier molecular flexibility index (Phi) is 6.66. The first kappa shape index (κ1) is 20.6. The molecule has 2 aromatic heterocycles. The number of piperidine rings is 1. The third kappa shape index (κ3) is 4.32. The minimum atomic E-state index is -1.14. The number of pyridine rings is 2. The molecule has 1 fully saturated rings. The lowest BCUT2D eigenvalue weighted by atomic mass is 9.75. The van der Waals surface area contributed by atoms with Crippen LogP contribution in [0.5, 0.6) is 0 Å². The molecule has 152 valence electrons. The van der Waals surface area contributed by atoms with Crippen molar-refractivity contribution >= 4 is 17.7 Å². The normalized spacial score (nSPS) is 24.0. The van der Waals surface area contributed by atoms with E-state index in [0.717, 1.165) is 0 Å². The molecule has 0 radical (unpaired) electrons. The Bertz CT molecular complexity index is 790. The molecule has 1 saturated heterocycles. The predicted molar refractivity (Wildman–Crippen MR) is 101 cm³/mol. The number of hydrogen-bond acceptors (Lipinski definition) is 7. The minimum Gasteiger partial charge on any atom is -0.465 e. The number of nitrogens with zero attached hydrogens (tertiary/aromatic N) is 2. The van der Waals surface area contributed by atoms with Crippen molar-refractivity contribution in [3.05, 3.63) is 60.2 Å². The van der Waals surface area contributed by atoms with Gasteiger partial charge in [-0.2, -0.15) is 0 Å². The molecule has 1 aliphatic rings. The molecule has 0 unspecified atom stereocenters. The lowest BCUT2D eigenvalue weighted by Crippen LogP contribution is -2.93. The number of ether oxygens (including phenoxy) is 2. The SMILES string of the molecule is CCOC(=O)[C@@H]1C(=O)[C@H](C(=O)OCC)[C@@H](c2cccnc2)[NH2+][C@@H]1c1cccnc1. The smallest absolute Gasteiger partial charge is 0.323 e. The fourth-order valence-corrected chi connectivity index (χ4v) is 3.74. The number of esters is 2. The summed E-state index contributed by atoms with van der Waals surface area (Å²) in [6.45, 7) is 3.63. The molecule has 4 atom stereocenters. The summed E-state index contributed by atoms with van der Waals surface area (Å²) in [5.74, 6) is -4.09. The van der Waals surface area contributed by atoms with Gasteiger partial charge in [-0.15, -0.1) is 0 Å². The third-order valence-electron chi connectivity index (χ3n) is 4.97. The van der Waals surface area contributed by atoms with Gasteiger partial charge < -0.3 is 14.8 Å². The molecule has 3 heterocycles. The van der Waals surface area contributed by atoms with Crippen LogP contribution in [0.25, 0.3) is 0 Å². The Morgan fingerprint density at radius 3 is 1.69 bits per heavy atom. The number of rotatable bonds is 6. The van der Waals surface area contributed by atoms with E-state index in [0.29, 0.717) is 11.1 Å². The first-order valence-electron chi connectivity index (χ1n) is 9.60. The van der Waals surface area contributed by atoms with Crippen molar-refractivity contribution in [3.63, 3.8) is 0 Å². The van der Waals surface area contributed by atoms with Gasteiger partial charge in [0.15, 0.2) is 17.6 Å². The van der Waals surface area contributed by atoms with Crippen LogP contribution in [0, 0.1) is 11.8 Å². The van der Waals surface area contributed by atoms with Crippen molar-refractivity contribution in [3.8, 4) is 0 Å². The van der Waals surface area contributed by atoms with Crippen LogP contribution in [-0.2, 0) is 23.9 Å². The molecule has 2 aromatic rings. The van der Waals surface area contributed by atoms with E-state index in [1.165, 1.54) is 0 Å². The van der Waals surface area contributed by atoms with E-state index in [2.05, 4.69) is 9.97 Å². The average molecular weight is 398 g/mol. The molecular weight excluding hydrogens is 374 g/mol. The Hall–Kier alpha value is -3.13. The van der Waals surface area contributed by atoms with Crippen molar-refractivity contribution in [2.75, 3.05) is 13.2 Å². The van der Waals surface area contributed by atoms with Gasteiger partial charge in [0.1, 0.15) is 12.1 Å². The van der Waals surface area contributed by atoms with Crippen LogP contribution >= 0.6 is 0 Å². The van der Waals surface area contributed by atoms with Crippen LogP contribution in [0.4, 0.5) is 0 Å². The second kappa shape index (κ2) is 9.38. The van der Waals surface area contributed by atoms with Gasteiger partial charge in [-0.25, -0.2) is 0 Å². The fourth-order valence-electron chi connectivity index (χ4n) is 3.74. The van der Waals surface area contributed by atoms with Gasteiger partial charge in [-0.05, 0) is 38.1 Å². The van der Waals surface area contributed by atoms with E-state index in [1.807, 2.05) is 5.32 Å². The summed E-state index contributed by atoms with van der Waals surface area (Å²) in [6, 6.07) is 5.94. The summed E-state index contributed by atoms with van der Waals surface area (Å²) < 4.78 is 10.3. The number of carbonyl (C=O) groups excluding carboxylic acids is 3. The molecule has 0 aromatic carbocycles. The van der Waals surface area contributed by atoms with Gasteiger partial charge in [0, 0.05) is 35.9 Å². The van der Waals surface area contributed by atoms with E-state index >= 15 is 0 Å². The third-order valence-corrected chi connectivity index (χ3v) is 4.97. The van der Waals surface area contributed by atoms with E-state index in [1.54, 1.807) is 62.9 Å². The largest absolute Gasteiger partial charge is 0.465 e. The topological polar surface area (TPSA) is 112 Å². The zero-order valence-corrected chi connectivity index (χ0v) is 16.4. The Morgan fingerprint density at radius 2 is 1.34 bits per heavy atom. The molecule has 0 bridgehead atoms. The average Bonchev–Trinajstić information content (AvgIpc) is 2.74. The molecule has 3 rings (SSSR count). The molecule has 8 heteroatoms. The highest BCUT2D eigenvalue weighted by molar-refractivity contribution is 6.09. The Balaban J connectivity index is 2.08. The van der Waals surface area contributed by atoms with Gasteiger partial charge in [-0.3, -0.25) is 24.4 Å². The lowest BCUT2D eigenvalue weighted by molar-refractivity contribution is -0.745. The summed E-state index contributed by atoms with van der Waals surface area (Å²) in [5, 5.41) is 1.85. The maximum Gasteiger partial charge on any atom is 0.323 e. The van der Waals surface area contributed by atoms with E-state index in [9.17, 15) is 14.4 Å². The molecule has 8 nitrogen and oxygen atoms in total. The predicted octanol–water partition coefficient (Wildman–Crippen LogP) is 0.764. The van der Waals surface area contributed by atoms with Crippen LogP contribution in [-0.4, -0.2) is 40.9 Å². The molecule has 2 N–H and O–H groups in total. The molecule has 1 aliphatic heterocycles. The van der Waals surface area contributed by atoms with Crippen molar-refractivity contribution in [1.29, 1.82) is 0 Å². The monoisotopic (exact) mass is 398 g/mol. The van der Waals surface area contributed by atoms with Crippen LogP contribution in [0.15, 0.2) is 49.1 Å². The number of Topliss-reactive ketones (excluding diaryl/α,β-unsaturated/α-hetero) is 1. The second-order valence-corrected chi connectivity index (χ2v) is 6.68. The van der Waals surface area contributed by atoms with E-state index in [4.69, 9.17) is 9.47 Å². The highest BCUT2D eigenvalue weighted by Gasteiger charge is 2.55. The van der Waals surface area contributed by atoms with Crippen LogP contribution < -0.4 is 5.32 Å². The Labute approximate surface area is 168 Å². The molecule has 0 spiro atoms. The first-order valence-corrected chi connectivity index (χ1v) is 9.60. The number of aromatic nitrogens is 2.